The van der Waals surface area contributed by atoms with Crippen LogP contribution >= 0.6 is 0 Å². The third-order valence-corrected chi connectivity index (χ3v) is 8.85. The molecule has 2 aromatic rings. The number of hydrogen-bond donors (Lipinski definition) is 1. The molecule has 4 rings (SSSR count). The summed E-state index contributed by atoms with van der Waals surface area (Å²) < 4.78 is 11.8. The predicted octanol–water partition coefficient (Wildman–Crippen LogP) is 5.94. The molecule has 0 spiro atoms. The van der Waals surface area contributed by atoms with Crippen molar-refractivity contribution < 1.29 is 23.9 Å². The van der Waals surface area contributed by atoms with Crippen LogP contribution in [0.25, 0.3) is 0 Å². The molecule has 2 aliphatic rings. The summed E-state index contributed by atoms with van der Waals surface area (Å²) in [5.41, 5.74) is -0.0121. The molecule has 1 fully saturated rings. The van der Waals surface area contributed by atoms with Gasteiger partial charge >= 0.3 is 0 Å². The van der Waals surface area contributed by atoms with Crippen LogP contribution in [0.4, 0.5) is 0 Å². The summed E-state index contributed by atoms with van der Waals surface area (Å²) in [7, 11) is 0. The van der Waals surface area contributed by atoms with Gasteiger partial charge in [-0.3, -0.25) is 14.4 Å². The first kappa shape index (κ1) is 28.0. The second-order valence-electron chi connectivity index (χ2n) is 12.0. The molecule has 0 radical (unpaired) electrons. The fourth-order valence-corrected chi connectivity index (χ4v) is 5.18. The topological polar surface area (TPSA) is 85.0 Å². The average molecular weight is 520 g/mol. The number of carbonyl (C=O) groups is 3. The van der Waals surface area contributed by atoms with E-state index in [1.807, 2.05) is 0 Å². The minimum Gasteiger partial charge on any atom is -0.493 e. The van der Waals surface area contributed by atoms with Crippen molar-refractivity contribution in [1.29, 1.82) is 0 Å². The standard InChI is InChI=1S/C32H41NO5/c1-8-29(3,4)21-16-17-25(24(20-21)30(5,6)9-2)37-19-13-12-18-33-28(36)32-27(35)23-15-11-10-14-22(23)26(34)31(32,7)38-32/h10-11,14-17,20H,8-9,12-13,18-19H2,1-7H3,(H,33,36). The molecule has 6 heteroatoms. The first-order valence-electron chi connectivity index (χ1n) is 13.8. The molecule has 6 nitrogen and oxygen atoms in total. The van der Waals surface area contributed by atoms with Gasteiger partial charge in [0.15, 0.2) is 11.4 Å². The predicted molar refractivity (Wildman–Crippen MR) is 148 cm³/mol. The number of unbranched alkanes of at least 4 members (excludes halogenated alkanes) is 1. The second-order valence-corrected chi connectivity index (χ2v) is 12.0. The van der Waals surface area contributed by atoms with Crippen LogP contribution in [0.5, 0.6) is 5.75 Å². The van der Waals surface area contributed by atoms with Crippen LogP contribution in [0.15, 0.2) is 42.5 Å². The van der Waals surface area contributed by atoms with Crippen molar-refractivity contribution in [2.45, 2.75) is 96.2 Å². The van der Waals surface area contributed by atoms with E-state index in [-0.39, 0.29) is 22.2 Å². The monoisotopic (exact) mass is 519 g/mol. The Balaban J connectivity index is 1.34. The lowest BCUT2D eigenvalue weighted by molar-refractivity contribution is -0.124. The first-order valence-corrected chi connectivity index (χ1v) is 13.8. The molecule has 0 bridgehead atoms. The maximum atomic E-state index is 13.1. The van der Waals surface area contributed by atoms with Gasteiger partial charge in [0.2, 0.25) is 11.4 Å². The van der Waals surface area contributed by atoms with Crippen molar-refractivity contribution >= 4 is 17.5 Å². The quantitative estimate of drug-likeness (QED) is 0.225. The Hall–Kier alpha value is -2.99. The summed E-state index contributed by atoms with van der Waals surface area (Å²) in [6.07, 6.45) is 3.46. The van der Waals surface area contributed by atoms with E-state index in [9.17, 15) is 14.4 Å². The highest BCUT2D eigenvalue weighted by molar-refractivity contribution is 6.33. The normalized spacial score (nSPS) is 22.5. The number of nitrogens with one attached hydrogen (secondary N) is 1. The van der Waals surface area contributed by atoms with Crippen LogP contribution in [-0.2, 0) is 20.4 Å². The van der Waals surface area contributed by atoms with E-state index >= 15 is 0 Å². The largest absolute Gasteiger partial charge is 0.493 e. The SMILES string of the molecule is CCC(C)(C)c1ccc(OCCCCNC(=O)C23OC2(C)C(=O)c2ccccc2C3=O)c(C(C)(C)CC)c1. The first-order chi connectivity index (χ1) is 17.9. The third-order valence-electron chi connectivity index (χ3n) is 8.85. The van der Waals surface area contributed by atoms with Gasteiger partial charge in [-0.05, 0) is 55.1 Å². The van der Waals surface area contributed by atoms with E-state index in [4.69, 9.17) is 9.47 Å². The molecule has 38 heavy (non-hydrogen) atoms. The highest BCUT2D eigenvalue weighted by Gasteiger charge is 2.82. The van der Waals surface area contributed by atoms with Crippen LogP contribution in [0.3, 0.4) is 0 Å². The van der Waals surface area contributed by atoms with E-state index in [1.165, 1.54) is 18.1 Å². The van der Waals surface area contributed by atoms with Gasteiger partial charge in [0.1, 0.15) is 5.75 Å². The fraction of sp³-hybridized carbons (Fsp3) is 0.531. The summed E-state index contributed by atoms with van der Waals surface area (Å²) >= 11 is 0. The van der Waals surface area contributed by atoms with Gasteiger partial charge in [0.25, 0.3) is 5.91 Å². The number of rotatable bonds is 11. The van der Waals surface area contributed by atoms with Crippen LogP contribution in [0.2, 0.25) is 0 Å². The Morgan fingerprint density at radius 1 is 0.921 bits per heavy atom. The molecule has 1 saturated heterocycles. The molecule has 0 aromatic heterocycles. The van der Waals surface area contributed by atoms with E-state index < -0.39 is 22.9 Å². The molecule has 1 aliphatic heterocycles. The summed E-state index contributed by atoms with van der Waals surface area (Å²) in [6, 6.07) is 13.1. The number of amides is 1. The Morgan fingerprint density at radius 2 is 1.55 bits per heavy atom. The van der Waals surface area contributed by atoms with Gasteiger partial charge in [0.05, 0.1) is 6.61 Å². The van der Waals surface area contributed by atoms with E-state index in [0.717, 1.165) is 25.0 Å². The number of ether oxygens (including phenoxy) is 2. The maximum absolute atomic E-state index is 13.1. The molecule has 1 N–H and O–H groups in total. The average Bonchev–Trinajstić information content (AvgIpc) is 3.58. The van der Waals surface area contributed by atoms with Crippen molar-refractivity contribution in [3.05, 3.63) is 64.7 Å². The minimum atomic E-state index is -1.76. The second kappa shape index (κ2) is 9.96. The van der Waals surface area contributed by atoms with E-state index in [0.29, 0.717) is 25.1 Å². The Kier molecular flexibility index (Phi) is 7.34. The Bertz CT molecular complexity index is 1260. The van der Waals surface area contributed by atoms with Crippen molar-refractivity contribution in [2.24, 2.45) is 0 Å². The molecule has 0 saturated carbocycles. The molecule has 2 atom stereocenters. The zero-order chi connectivity index (χ0) is 27.9. The molecular formula is C32H41NO5. The lowest BCUT2D eigenvalue weighted by Crippen LogP contribution is -2.53. The molecule has 204 valence electrons. The Morgan fingerprint density at radius 3 is 2.18 bits per heavy atom. The van der Waals surface area contributed by atoms with E-state index in [2.05, 4.69) is 65.1 Å². The summed E-state index contributed by atoms with van der Waals surface area (Å²) in [4.78, 5) is 39.1. The van der Waals surface area contributed by atoms with Crippen LogP contribution in [0.1, 0.15) is 106 Å². The number of carbonyl (C=O) groups excluding carboxylic acids is 3. The molecule has 1 heterocycles. The van der Waals surface area contributed by atoms with Crippen molar-refractivity contribution in [3.8, 4) is 5.75 Å². The fourth-order valence-electron chi connectivity index (χ4n) is 5.18. The van der Waals surface area contributed by atoms with Gasteiger partial charge in [-0.2, -0.15) is 0 Å². The van der Waals surface area contributed by atoms with E-state index in [1.54, 1.807) is 24.3 Å². The molecule has 2 unspecified atom stereocenters. The Labute approximate surface area is 226 Å². The van der Waals surface area contributed by atoms with Gasteiger partial charge in [0, 0.05) is 23.2 Å². The zero-order valence-electron chi connectivity index (χ0n) is 23.8. The van der Waals surface area contributed by atoms with Gasteiger partial charge in [-0.25, -0.2) is 0 Å². The zero-order valence-corrected chi connectivity index (χ0v) is 23.8. The number of epoxide rings is 1. The van der Waals surface area contributed by atoms with Crippen LogP contribution in [-0.4, -0.2) is 41.8 Å². The van der Waals surface area contributed by atoms with Gasteiger partial charge in [-0.1, -0.05) is 77.9 Å². The van der Waals surface area contributed by atoms with Crippen LogP contribution < -0.4 is 10.1 Å². The number of ketones is 2. The summed E-state index contributed by atoms with van der Waals surface area (Å²) in [5, 5.41) is 2.82. The number of Topliss-reactive ketones (excluding diaryl/α,β-unsaturated/α-hetero) is 2. The smallest absolute Gasteiger partial charge is 0.264 e. The number of fused-ring (bicyclic) bond motifs is 2. The summed E-state index contributed by atoms with van der Waals surface area (Å²) in [6.45, 7) is 15.8. The maximum Gasteiger partial charge on any atom is 0.264 e. The molecular weight excluding hydrogens is 478 g/mol. The third kappa shape index (κ3) is 4.47. The molecule has 1 aliphatic carbocycles. The van der Waals surface area contributed by atoms with Crippen molar-refractivity contribution in [1.82, 2.24) is 5.32 Å². The lowest BCUT2D eigenvalue weighted by atomic mass is 9.74. The number of benzene rings is 2. The minimum absolute atomic E-state index is 0.0120. The highest BCUT2D eigenvalue weighted by Crippen LogP contribution is 2.55. The van der Waals surface area contributed by atoms with Gasteiger partial charge in [-0.15, -0.1) is 0 Å². The molecule has 1 amide bonds. The summed E-state index contributed by atoms with van der Waals surface area (Å²) in [5.74, 6) is -0.412. The van der Waals surface area contributed by atoms with Crippen LogP contribution in [0, 0.1) is 0 Å². The molecule has 2 aromatic carbocycles. The van der Waals surface area contributed by atoms with Gasteiger partial charge < -0.3 is 14.8 Å². The highest BCUT2D eigenvalue weighted by atomic mass is 16.6. The van der Waals surface area contributed by atoms with Crippen molar-refractivity contribution in [3.63, 3.8) is 0 Å². The lowest BCUT2D eigenvalue weighted by Gasteiger charge is -2.30. The number of hydrogen-bond acceptors (Lipinski definition) is 5. The van der Waals surface area contributed by atoms with Crippen molar-refractivity contribution in [2.75, 3.05) is 13.2 Å².